The van der Waals surface area contributed by atoms with Crippen LogP contribution in [0, 0.1) is 0 Å². The number of carbonyl (C=O) groups is 1. The molecule has 0 bridgehead atoms. The molecule has 1 amide bonds. The topological polar surface area (TPSA) is 59.8 Å². The van der Waals surface area contributed by atoms with Crippen LogP contribution in [0.25, 0.3) is 0 Å². The van der Waals surface area contributed by atoms with Gasteiger partial charge >= 0.3 is 0 Å². The minimum absolute atomic E-state index is 0.0806. The van der Waals surface area contributed by atoms with Crippen molar-refractivity contribution in [3.05, 3.63) is 35.4 Å². The molecule has 2 rings (SSSR count). The second-order valence-corrected chi connectivity index (χ2v) is 4.03. The van der Waals surface area contributed by atoms with Crippen molar-refractivity contribution in [3.8, 4) is 0 Å². The minimum atomic E-state index is -0.0806. The summed E-state index contributed by atoms with van der Waals surface area (Å²) in [5.41, 5.74) is 0.616. The van der Waals surface area contributed by atoms with Crippen LogP contribution in [-0.4, -0.2) is 26.4 Å². The van der Waals surface area contributed by atoms with Crippen LogP contribution in [0.15, 0.2) is 24.0 Å². The molecule has 1 N–H and O–H groups in total. The van der Waals surface area contributed by atoms with Gasteiger partial charge in [-0.3, -0.25) is 4.79 Å². The van der Waals surface area contributed by atoms with Gasteiger partial charge in [-0.1, -0.05) is 0 Å². The van der Waals surface area contributed by atoms with Crippen LogP contribution >= 0.6 is 11.5 Å². The number of amides is 1. The van der Waals surface area contributed by atoms with E-state index in [1.165, 1.54) is 11.5 Å². The molecule has 0 spiro atoms. The molecule has 0 atom stereocenters. The van der Waals surface area contributed by atoms with Crippen molar-refractivity contribution in [1.82, 2.24) is 19.2 Å². The fourth-order valence-electron chi connectivity index (χ4n) is 1.34. The van der Waals surface area contributed by atoms with E-state index in [0.29, 0.717) is 12.1 Å². The molecular weight excluding hydrogens is 224 g/mol. The molecule has 0 saturated carbocycles. The van der Waals surface area contributed by atoms with Gasteiger partial charge in [0, 0.05) is 37.8 Å². The van der Waals surface area contributed by atoms with E-state index in [1.807, 2.05) is 17.8 Å². The van der Waals surface area contributed by atoms with Gasteiger partial charge in [0.2, 0.25) is 0 Å². The third kappa shape index (κ3) is 2.46. The lowest BCUT2D eigenvalue weighted by Crippen LogP contribution is -2.25. The summed E-state index contributed by atoms with van der Waals surface area (Å²) in [4.78, 5) is 15.7. The van der Waals surface area contributed by atoms with Crippen LogP contribution in [0.4, 0.5) is 0 Å². The van der Waals surface area contributed by atoms with Crippen LogP contribution in [0.1, 0.15) is 16.2 Å². The normalized spacial score (nSPS) is 10.3. The predicted molar refractivity (Wildman–Crippen MR) is 61.4 cm³/mol. The van der Waals surface area contributed by atoms with Gasteiger partial charge in [-0.25, -0.2) is 9.36 Å². The van der Waals surface area contributed by atoms with Crippen molar-refractivity contribution in [2.45, 2.75) is 6.42 Å². The first-order chi connectivity index (χ1) is 7.77. The van der Waals surface area contributed by atoms with Crippen molar-refractivity contribution < 1.29 is 4.79 Å². The third-order valence-corrected chi connectivity index (χ3v) is 2.84. The first kappa shape index (κ1) is 10.8. The van der Waals surface area contributed by atoms with Gasteiger partial charge in [0.1, 0.15) is 5.82 Å². The fraction of sp³-hybridized carbons (Fsp3) is 0.300. The number of nitrogens with one attached hydrogen (secondary N) is 1. The number of nitrogens with zero attached hydrogens (tertiary/aromatic N) is 3. The molecule has 2 aromatic heterocycles. The Kier molecular flexibility index (Phi) is 3.31. The quantitative estimate of drug-likeness (QED) is 0.856. The largest absolute Gasteiger partial charge is 0.352 e. The summed E-state index contributed by atoms with van der Waals surface area (Å²) < 4.78 is 5.82. The Morgan fingerprint density at radius 2 is 2.50 bits per heavy atom. The van der Waals surface area contributed by atoms with Crippen molar-refractivity contribution in [3.63, 3.8) is 0 Å². The van der Waals surface area contributed by atoms with Crippen molar-refractivity contribution in [1.29, 1.82) is 0 Å². The zero-order valence-electron chi connectivity index (χ0n) is 8.88. The van der Waals surface area contributed by atoms with Gasteiger partial charge in [-0.15, -0.1) is 0 Å². The summed E-state index contributed by atoms with van der Waals surface area (Å²) in [7, 11) is 1.94. The Hall–Kier alpha value is -1.69. The van der Waals surface area contributed by atoms with Gasteiger partial charge in [0.05, 0.1) is 11.8 Å². The molecule has 16 heavy (non-hydrogen) atoms. The van der Waals surface area contributed by atoms with E-state index < -0.39 is 0 Å². The summed E-state index contributed by atoms with van der Waals surface area (Å²) in [6.45, 7) is 0.583. The van der Waals surface area contributed by atoms with Gasteiger partial charge < -0.3 is 9.88 Å². The zero-order valence-corrected chi connectivity index (χ0v) is 9.70. The molecule has 0 radical (unpaired) electrons. The second-order valence-electron chi connectivity index (χ2n) is 3.37. The molecular formula is C10H12N4OS. The fourth-order valence-corrected chi connectivity index (χ4v) is 1.86. The number of aryl methyl sites for hydroxylation is 1. The lowest BCUT2D eigenvalue weighted by atomic mass is 10.3. The zero-order chi connectivity index (χ0) is 11.4. The van der Waals surface area contributed by atoms with Crippen LogP contribution in [0.5, 0.6) is 0 Å². The van der Waals surface area contributed by atoms with E-state index in [4.69, 9.17) is 0 Å². The molecule has 0 saturated heterocycles. The Bertz CT molecular complexity index is 463. The minimum Gasteiger partial charge on any atom is -0.352 e. The number of imidazole rings is 1. The lowest BCUT2D eigenvalue weighted by Gasteiger charge is -2.03. The molecule has 2 aromatic rings. The van der Waals surface area contributed by atoms with E-state index in [-0.39, 0.29) is 5.91 Å². The van der Waals surface area contributed by atoms with Gasteiger partial charge in [0.15, 0.2) is 0 Å². The molecule has 0 unspecified atom stereocenters. The van der Waals surface area contributed by atoms with Crippen LogP contribution in [-0.2, 0) is 13.5 Å². The highest BCUT2D eigenvalue weighted by Crippen LogP contribution is 2.01. The van der Waals surface area contributed by atoms with Crippen molar-refractivity contribution in [2.24, 2.45) is 7.05 Å². The summed E-state index contributed by atoms with van der Waals surface area (Å²) in [6, 6.07) is 0. The Balaban J connectivity index is 1.81. The Morgan fingerprint density at radius 3 is 3.12 bits per heavy atom. The molecule has 0 fully saturated rings. The van der Waals surface area contributed by atoms with Crippen molar-refractivity contribution in [2.75, 3.05) is 6.54 Å². The van der Waals surface area contributed by atoms with E-state index >= 15 is 0 Å². The number of hydrogen-bond acceptors (Lipinski definition) is 4. The van der Waals surface area contributed by atoms with Gasteiger partial charge in [-0.2, -0.15) is 0 Å². The molecule has 0 aliphatic carbocycles. The molecule has 0 aliphatic heterocycles. The standard InChI is InChI=1S/C10H12N4OS/c1-14-5-4-11-9(14)2-3-12-10(15)8-6-13-16-7-8/h4-7H,2-3H2,1H3,(H,12,15). The summed E-state index contributed by atoms with van der Waals surface area (Å²) in [6.07, 6.45) is 5.94. The van der Waals surface area contributed by atoms with Crippen LogP contribution < -0.4 is 5.32 Å². The Morgan fingerprint density at radius 1 is 1.62 bits per heavy atom. The lowest BCUT2D eigenvalue weighted by molar-refractivity contribution is 0.0954. The maximum atomic E-state index is 11.5. The number of aromatic nitrogens is 3. The first-order valence-electron chi connectivity index (χ1n) is 4.91. The molecule has 5 nitrogen and oxygen atoms in total. The van der Waals surface area contributed by atoms with Gasteiger partial charge in [-0.05, 0) is 11.5 Å². The number of hydrogen-bond donors (Lipinski definition) is 1. The van der Waals surface area contributed by atoms with E-state index in [1.54, 1.807) is 17.8 Å². The predicted octanol–water partition coefficient (Wildman–Crippen LogP) is 0.849. The highest BCUT2D eigenvalue weighted by molar-refractivity contribution is 7.03. The molecule has 2 heterocycles. The van der Waals surface area contributed by atoms with Crippen LogP contribution in [0.3, 0.4) is 0 Å². The number of carbonyl (C=O) groups excluding carboxylic acids is 1. The maximum Gasteiger partial charge on any atom is 0.253 e. The average Bonchev–Trinajstić information content (AvgIpc) is 2.90. The number of rotatable bonds is 4. The van der Waals surface area contributed by atoms with E-state index in [2.05, 4.69) is 14.7 Å². The summed E-state index contributed by atoms with van der Waals surface area (Å²) in [5.74, 6) is 0.881. The first-order valence-corrected chi connectivity index (χ1v) is 5.75. The monoisotopic (exact) mass is 236 g/mol. The maximum absolute atomic E-state index is 11.5. The van der Waals surface area contributed by atoms with Crippen LogP contribution in [0.2, 0.25) is 0 Å². The van der Waals surface area contributed by atoms with Crippen molar-refractivity contribution >= 4 is 17.4 Å². The van der Waals surface area contributed by atoms with Gasteiger partial charge in [0.25, 0.3) is 5.91 Å². The molecule has 0 aliphatic rings. The summed E-state index contributed by atoms with van der Waals surface area (Å²) in [5, 5.41) is 4.56. The Labute approximate surface area is 97.3 Å². The summed E-state index contributed by atoms with van der Waals surface area (Å²) >= 11 is 1.27. The third-order valence-electron chi connectivity index (χ3n) is 2.25. The average molecular weight is 236 g/mol. The highest BCUT2D eigenvalue weighted by Gasteiger charge is 2.06. The van der Waals surface area contributed by atoms with E-state index in [0.717, 1.165) is 12.2 Å². The molecule has 84 valence electrons. The molecule has 6 heteroatoms. The van der Waals surface area contributed by atoms with E-state index in [9.17, 15) is 4.79 Å². The molecule has 0 aromatic carbocycles. The highest BCUT2D eigenvalue weighted by atomic mass is 32.1. The second kappa shape index (κ2) is 4.89. The SMILES string of the molecule is Cn1ccnc1CCNC(=O)c1cnsc1. The smallest absolute Gasteiger partial charge is 0.253 e.